The zero-order valence-electron chi connectivity index (χ0n) is 12.1. The van der Waals surface area contributed by atoms with E-state index in [1.165, 1.54) is 16.9 Å². The predicted molar refractivity (Wildman–Crippen MR) is 95.6 cm³/mol. The third-order valence-corrected chi connectivity index (χ3v) is 4.21. The number of halogens is 2. The Hall–Kier alpha value is -1.71. The van der Waals surface area contributed by atoms with Crippen LogP contribution in [0.3, 0.4) is 0 Å². The Morgan fingerprint density at radius 2 is 1.86 bits per heavy atom. The predicted octanol–water partition coefficient (Wildman–Crippen LogP) is 4.35. The molecular weight excluding hydrogens is 317 g/mol. The Kier molecular flexibility index (Phi) is 4.27. The van der Waals surface area contributed by atoms with Crippen molar-refractivity contribution in [2.45, 2.75) is 13.0 Å². The van der Waals surface area contributed by atoms with Crippen molar-refractivity contribution < 1.29 is 0 Å². The zero-order chi connectivity index (χ0) is 14.2. The number of benzene rings is 2. The topological polar surface area (TPSA) is 18.8 Å². The van der Waals surface area contributed by atoms with Crippen molar-refractivity contribution in [2.75, 3.05) is 22.9 Å². The van der Waals surface area contributed by atoms with Crippen molar-refractivity contribution in [1.29, 1.82) is 0 Å². The van der Waals surface area contributed by atoms with E-state index in [0.717, 1.165) is 37.0 Å². The highest BCUT2D eigenvalue weighted by Gasteiger charge is 2.34. The molecule has 2 heterocycles. The summed E-state index contributed by atoms with van der Waals surface area (Å²) in [4.78, 5) is 9.32. The van der Waals surface area contributed by atoms with Crippen molar-refractivity contribution in [3.63, 3.8) is 0 Å². The van der Waals surface area contributed by atoms with E-state index in [4.69, 9.17) is 16.6 Å². The van der Waals surface area contributed by atoms with Crippen LogP contribution in [0.15, 0.2) is 53.5 Å². The summed E-state index contributed by atoms with van der Waals surface area (Å²) in [6.45, 7) is 2.75. The summed E-state index contributed by atoms with van der Waals surface area (Å²) in [6, 6.07) is 16.6. The molecule has 2 aliphatic heterocycles. The molecule has 2 aromatic rings. The zero-order valence-corrected chi connectivity index (χ0v) is 13.6. The molecule has 0 N–H and O–H groups in total. The van der Waals surface area contributed by atoms with E-state index < -0.39 is 0 Å². The van der Waals surface area contributed by atoms with Gasteiger partial charge in [0, 0.05) is 18.1 Å². The Morgan fingerprint density at radius 3 is 2.68 bits per heavy atom. The fourth-order valence-electron chi connectivity index (χ4n) is 3.02. The molecule has 0 atom stereocenters. The molecule has 0 amide bonds. The fourth-order valence-corrected chi connectivity index (χ4v) is 3.19. The lowest BCUT2D eigenvalue weighted by molar-refractivity contribution is 0.784. The molecular formula is C17H17Cl2N3. The van der Waals surface area contributed by atoms with Crippen LogP contribution >= 0.6 is 24.0 Å². The van der Waals surface area contributed by atoms with E-state index >= 15 is 0 Å². The molecule has 0 spiro atoms. The molecule has 5 heteroatoms. The van der Waals surface area contributed by atoms with Gasteiger partial charge in [-0.25, -0.2) is 0 Å². The minimum Gasteiger partial charge on any atom is -0.310 e. The molecule has 22 heavy (non-hydrogen) atoms. The number of hydrogen-bond donors (Lipinski definition) is 0. The van der Waals surface area contributed by atoms with Gasteiger partial charge in [-0.2, -0.15) is 0 Å². The van der Waals surface area contributed by atoms with Gasteiger partial charge in [-0.05, 0) is 30.2 Å². The van der Waals surface area contributed by atoms with Crippen LogP contribution in [0.25, 0.3) is 0 Å². The Bertz CT molecular complexity index is 700. The third kappa shape index (κ3) is 2.55. The molecule has 4 rings (SSSR count). The quantitative estimate of drug-likeness (QED) is 0.813. The number of anilines is 2. The number of guanidine groups is 1. The normalized spacial score (nSPS) is 15.8. The van der Waals surface area contributed by atoms with Gasteiger partial charge in [-0.15, -0.1) is 12.4 Å². The first-order chi connectivity index (χ1) is 10.3. The van der Waals surface area contributed by atoms with Gasteiger partial charge in [0.15, 0.2) is 0 Å². The highest BCUT2D eigenvalue weighted by atomic mass is 35.5. The molecule has 0 bridgehead atoms. The van der Waals surface area contributed by atoms with Gasteiger partial charge < -0.3 is 9.80 Å². The first-order valence-electron chi connectivity index (χ1n) is 7.26. The van der Waals surface area contributed by atoms with Gasteiger partial charge in [0.05, 0.1) is 17.9 Å². The molecule has 0 aromatic heterocycles. The monoisotopic (exact) mass is 333 g/mol. The Balaban J connectivity index is 0.00000144. The smallest absolute Gasteiger partial charge is 0.206 e. The van der Waals surface area contributed by atoms with Crippen LogP contribution in [0, 0.1) is 0 Å². The van der Waals surface area contributed by atoms with Crippen molar-refractivity contribution in [1.82, 2.24) is 0 Å². The molecule has 0 fully saturated rings. The summed E-state index contributed by atoms with van der Waals surface area (Å²) in [7, 11) is 0. The first kappa shape index (κ1) is 15.2. The summed E-state index contributed by atoms with van der Waals surface area (Å²) in [6.07, 6.45) is 1.09. The van der Waals surface area contributed by atoms with Gasteiger partial charge in [-0.3, -0.25) is 4.99 Å². The largest absolute Gasteiger partial charge is 0.310 e. The molecule has 2 aliphatic rings. The molecule has 0 radical (unpaired) electrons. The third-order valence-electron chi connectivity index (χ3n) is 3.98. The maximum Gasteiger partial charge on any atom is 0.206 e. The standard InChI is InChI=1S/C17H16ClN3.ClH/c18-14-7-8-15-16(11-14)20-10-4-9-19-17(20)21(15)12-13-5-2-1-3-6-13;/h1-3,5-8,11H,4,9-10,12H2;1H. The number of nitrogens with zero attached hydrogens (tertiary/aromatic N) is 3. The molecule has 114 valence electrons. The van der Waals surface area contributed by atoms with Crippen LogP contribution < -0.4 is 9.80 Å². The number of aliphatic imine (C=N–C) groups is 1. The van der Waals surface area contributed by atoms with Crippen molar-refractivity contribution in [3.8, 4) is 0 Å². The van der Waals surface area contributed by atoms with Gasteiger partial charge >= 0.3 is 0 Å². The van der Waals surface area contributed by atoms with E-state index in [1.54, 1.807) is 0 Å². The molecule has 0 unspecified atom stereocenters. The van der Waals surface area contributed by atoms with E-state index in [1.807, 2.05) is 18.2 Å². The Morgan fingerprint density at radius 1 is 1.05 bits per heavy atom. The molecule has 0 aliphatic carbocycles. The van der Waals surface area contributed by atoms with Gasteiger partial charge in [-0.1, -0.05) is 41.9 Å². The van der Waals surface area contributed by atoms with Crippen molar-refractivity contribution >= 4 is 41.3 Å². The van der Waals surface area contributed by atoms with E-state index in [-0.39, 0.29) is 12.4 Å². The SMILES string of the molecule is Cl.Clc1ccc2c(c1)N1CCCN=C1N2Cc1ccccc1. The molecule has 0 saturated carbocycles. The average Bonchev–Trinajstić information content (AvgIpc) is 2.82. The Labute approximate surface area is 141 Å². The summed E-state index contributed by atoms with van der Waals surface area (Å²) < 4.78 is 0. The summed E-state index contributed by atoms with van der Waals surface area (Å²) in [5.41, 5.74) is 3.66. The minimum absolute atomic E-state index is 0. The van der Waals surface area contributed by atoms with Crippen LogP contribution in [0.5, 0.6) is 0 Å². The van der Waals surface area contributed by atoms with Crippen LogP contribution in [0.2, 0.25) is 5.02 Å². The second-order valence-corrected chi connectivity index (χ2v) is 5.83. The lowest BCUT2D eigenvalue weighted by Crippen LogP contribution is -2.41. The number of fused-ring (bicyclic) bond motifs is 3. The van der Waals surface area contributed by atoms with E-state index in [0.29, 0.717) is 0 Å². The maximum atomic E-state index is 6.18. The minimum atomic E-state index is 0. The molecule has 2 aromatic carbocycles. The van der Waals surface area contributed by atoms with Crippen LogP contribution in [-0.2, 0) is 6.54 Å². The molecule has 0 saturated heterocycles. The van der Waals surface area contributed by atoms with Gasteiger partial charge in [0.1, 0.15) is 0 Å². The van der Waals surface area contributed by atoms with Crippen molar-refractivity contribution in [3.05, 3.63) is 59.1 Å². The number of rotatable bonds is 2. The summed E-state index contributed by atoms with van der Waals surface area (Å²) in [5.74, 6) is 1.06. The van der Waals surface area contributed by atoms with Crippen LogP contribution in [0.1, 0.15) is 12.0 Å². The summed E-state index contributed by atoms with van der Waals surface area (Å²) in [5, 5.41) is 0.778. The average molecular weight is 334 g/mol. The lowest BCUT2D eigenvalue weighted by atomic mass is 10.2. The molecule has 3 nitrogen and oxygen atoms in total. The summed E-state index contributed by atoms with van der Waals surface area (Å²) >= 11 is 6.18. The van der Waals surface area contributed by atoms with Crippen LogP contribution in [-0.4, -0.2) is 19.0 Å². The van der Waals surface area contributed by atoms with Crippen LogP contribution in [0.4, 0.5) is 11.4 Å². The van der Waals surface area contributed by atoms with E-state index in [2.05, 4.69) is 40.1 Å². The number of hydrogen-bond acceptors (Lipinski definition) is 3. The van der Waals surface area contributed by atoms with Crippen molar-refractivity contribution in [2.24, 2.45) is 4.99 Å². The first-order valence-corrected chi connectivity index (χ1v) is 7.64. The maximum absolute atomic E-state index is 6.18. The second-order valence-electron chi connectivity index (χ2n) is 5.39. The van der Waals surface area contributed by atoms with Gasteiger partial charge in [0.2, 0.25) is 5.96 Å². The highest BCUT2D eigenvalue weighted by Crippen LogP contribution is 2.40. The van der Waals surface area contributed by atoms with Gasteiger partial charge in [0.25, 0.3) is 0 Å². The lowest BCUT2D eigenvalue weighted by Gasteiger charge is -2.26. The highest BCUT2D eigenvalue weighted by molar-refractivity contribution is 6.31. The fraction of sp³-hybridized carbons (Fsp3) is 0.235. The second kappa shape index (κ2) is 6.19. The van der Waals surface area contributed by atoms with E-state index in [9.17, 15) is 0 Å².